The molecule has 2 N–H and O–H groups in total. The Labute approximate surface area is 152 Å². The lowest BCUT2D eigenvalue weighted by Gasteiger charge is -2.30. The van der Waals surface area contributed by atoms with Gasteiger partial charge < -0.3 is 24.4 Å². The molecule has 1 aromatic rings. The minimum atomic E-state index is -0.587. The first kappa shape index (κ1) is 18.4. The van der Waals surface area contributed by atoms with Crippen LogP contribution in [0, 0.1) is 0 Å². The number of carbonyl (C=O) groups excluding carboxylic acids is 2. The van der Waals surface area contributed by atoms with Gasteiger partial charge in [0.15, 0.2) is 11.5 Å². The second kappa shape index (κ2) is 7.88. The molecule has 1 atom stereocenters. The number of morpholine rings is 1. The zero-order valence-electron chi connectivity index (χ0n) is 15.2. The number of Topliss-reactive ketones (excluding diaryl/α,β-unsaturated/α-hetero) is 1. The molecule has 1 fully saturated rings. The Kier molecular flexibility index (Phi) is 5.58. The van der Waals surface area contributed by atoms with E-state index in [9.17, 15) is 14.7 Å². The van der Waals surface area contributed by atoms with Crippen molar-refractivity contribution in [3.05, 3.63) is 41.2 Å². The van der Waals surface area contributed by atoms with Gasteiger partial charge in [0.25, 0.3) is 5.91 Å². The number of nitrogens with one attached hydrogen (secondary N) is 1. The quantitative estimate of drug-likeness (QED) is 0.739. The van der Waals surface area contributed by atoms with Crippen molar-refractivity contribution in [3.63, 3.8) is 0 Å². The molecule has 2 heterocycles. The number of methoxy groups -OCH3 is 1. The van der Waals surface area contributed by atoms with Crippen LogP contribution in [0.15, 0.2) is 35.6 Å². The lowest BCUT2D eigenvalue weighted by molar-refractivity contribution is -0.907. The van der Waals surface area contributed by atoms with E-state index < -0.39 is 17.7 Å². The summed E-state index contributed by atoms with van der Waals surface area (Å²) in [5, 5.41) is 10.3. The molecule has 2 aliphatic rings. The summed E-state index contributed by atoms with van der Waals surface area (Å²) < 4.78 is 10.6. The van der Waals surface area contributed by atoms with Crippen LogP contribution in [0.25, 0.3) is 0 Å². The van der Waals surface area contributed by atoms with E-state index in [1.54, 1.807) is 24.1 Å². The zero-order chi connectivity index (χ0) is 18.7. The fraction of sp³-hybridized carbons (Fsp3) is 0.474. The molecule has 0 spiro atoms. The van der Waals surface area contributed by atoms with E-state index in [0.717, 1.165) is 25.2 Å². The molecule has 2 aliphatic heterocycles. The number of aliphatic hydroxyl groups is 1. The summed E-state index contributed by atoms with van der Waals surface area (Å²) in [6.07, 6.45) is 0. The van der Waals surface area contributed by atoms with Crippen LogP contribution in [0.1, 0.15) is 18.5 Å². The van der Waals surface area contributed by atoms with Crippen molar-refractivity contribution in [3.8, 4) is 5.75 Å². The number of quaternary nitrogens is 1. The van der Waals surface area contributed by atoms with Crippen LogP contribution < -0.4 is 9.64 Å². The van der Waals surface area contributed by atoms with Gasteiger partial charge in [-0.15, -0.1) is 0 Å². The van der Waals surface area contributed by atoms with Gasteiger partial charge in [-0.1, -0.05) is 12.1 Å². The highest BCUT2D eigenvalue weighted by Gasteiger charge is 2.42. The van der Waals surface area contributed by atoms with E-state index in [4.69, 9.17) is 9.47 Å². The smallest absolute Gasteiger partial charge is 0.290 e. The van der Waals surface area contributed by atoms with Gasteiger partial charge in [-0.05, 0) is 24.6 Å². The molecule has 1 saturated heterocycles. The number of rotatable bonds is 6. The van der Waals surface area contributed by atoms with Crippen LogP contribution in [0.3, 0.4) is 0 Å². The first-order valence-electron chi connectivity index (χ1n) is 8.83. The van der Waals surface area contributed by atoms with Crippen molar-refractivity contribution >= 4 is 11.7 Å². The Morgan fingerprint density at radius 3 is 2.77 bits per heavy atom. The third kappa shape index (κ3) is 3.59. The highest BCUT2D eigenvalue weighted by Crippen LogP contribution is 2.38. The fourth-order valence-electron chi connectivity index (χ4n) is 3.59. The van der Waals surface area contributed by atoms with Crippen LogP contribution in [0.4, 0.5) is 0 Å². The van der Waals surface area contributed by atoms with Crippen molar-refractivity contribution in [2.45, 2.75) is 13.0 Å². The molecular weight excluding hydrogens is 336 g/mol. The molecule has 26 heavy (non-hydrogen) atoms. The van der Waals surface area contributed by atoms with Gasteiger partial charge in [-0.3, -0.25) is 9.59 Å². The van der Waals surface area contributed by atoms with E-state index in [1.165, 1.54) is 11.8 Å². The summed E-state index contributed by atoms with van der Waals surface area (Å²) in [6, 6.07) is 6.68. The second-order valence-corrected chi connectivity index (χ2v) is 6.61. The van der Waals surface area contributed by atoms with Crippen molar-refractivity contribution < 1.29 is 29.1 Å². The normalized spacial score (nSPS) is 21.4. The highest BCUT2D eigenvalue weighted by molar-refractivity contribution is 6.08. The van der Waals surface area contributed by atoms with E-state index in [2.05, 4.69) is 0 Å². The van der Waals surface area contributed by atoms with Crippen molar-refractivity contribution in [2.75, 3.05) is 46.5 Å². The number of ether oxygens (including phenoxy) is 2. The van der Waals surface area contributed by atoms with Gasteiger partial charge in [0.1, 0.15) is 18.8 Å². The number of ketones is 1. The SMILES string of the molecule is COc1cccc([C@H]2C(C(C)=O)=C(O)C(=O)N2CC[NH+]2CCOCC2)c1. The summed E-state index contributed by atoms with van der Waals surface area (Å²) in [6.45, 7) is 5.79. The molecule has 0 unspecified atom stereocenters. The molecule has 1 amide bonds. The molecule has 1 aromatic carbocycles. The fourth-order valence-corrected chi connectivity index (χ4v) is 3.59. The topological polar surface area (TPSA) is 80.5 Å². The van der Waals surface area contributed by atoms with Crippen LogP contribution in [0.5, 0.6) is 5.75 Å². The van der Waals surface area contributed by atoms with Gasteiger partial charge in [0.05, 0.1) is 45.0 Å². The summed E-state index contributed by atoms with van der Waals surface area (Å²) >= 11 is 0. The number of hydrogen-bond acceptors (Lipinski definition) is 5. The van der Waals surface area contributed by atoms with E-state index in [0.29, 0.717) is 25.5 Å². The third-order valence-corrected chi connectivity index (χ3v) is 5.00. The summed E-state index contributed by atoms with van der Waals surface area (Å²) in [5.41, 5.74) is 0.907. The Bertz CT molecular complexity index is 724. The molecular formula is C19H25N2O5+. The number of aliphatic hydroxyl groups excluding tert-OH is 1. The number of amides is 1. The van der Waals surface area contributed by atoms with E-state index in [1.807, 2.05) is 12.1 Å². The lowest BCUT2D eigenvalue weighted by Crippen LogP contribution is -3.14. The maximum Gasteiger partial charge on any atom is 0.290 e. The maximum atomic E-state index is 12.6. The second-order valence-electron chi connectivity index (χ2n) is 6.61. The number of nitrogens with zero attached hydrogens (tertiary/aromatic N) is 1. The Morgan fingerprint density at radius 2 is 2.12 bits per heavy atom. The highest BCUT2D eigenvalue weighted by atomic mass is 16.5. The van der Waals surface area contributed by atoms with Gasteiger partial charge in [0.2, 0.25) is 0 Å². The van der Waals surface area contributed by atoms with Gasteiger partial charge >= 0.3 is 0 Å². The van der Waals surface area contributed by atoms with E-state index in [-0.39, 0.29) is 11.4 Å². The molecule has 7 heteroatoms. The molecule has 7 nitrogen and oxygen atoms in total. The molecule has 0 radical (unpaired) electrons. The maximum absolute atomic E-state index is 12.6. The van der Waals surface area contributed by atoms with E-state index >= 15 is 0 Å². The largest absolute Gasteiger partial charge is 0.503 e. The first-order valence-corrected chi connectivity index (χ1v) is 8.83. The molecule has 0 aliphatic carbocycles. The van der Waals surface area contributed by atoms with Crippen LogP contribution >= 0.6 is 0 Å². The summed E-state index contributed by atoms with van der Waals surface area (Å²) in [5.74, 6) is -0.592. The summed E-state index contributed by atoms with van der Waals surface area (Å²) in [7, 11) is 1.57. The zero-order valence-corrected chi connectivity index (χ0v) is 15.2. The first-order chi connectivity index (χ1) is 12.5. The molecule has 3 rings (SSSR count). The van der Waals surface area contributed by atoms with Gasteiger partial charge in [-0.2, -0.15) is 0 Å². The van der Waals surface area contributed by atoms with Gasteiger partial charge in [-0.25, -0.2) is 0 Å². The molecule has 0 aromatic heterocycles. The molecule has 140 valence electrons. The van der Waals surface area contributed by atoms with Gasteiger partial charge in [0, 0.05) is 0 Å². The lowest BCUT2D eigenvalue weighted by atomic mass is 9.96. The predicted molar refractivity (Wildman–Crippen MR) is 94.2 cm³/mol. The Balaban J connectivity index is 1.88. The Morgan fingerprint density at radius 1 is 1.38 bits per heavy atom. The average molecular weight is 361 g/mol. The number of benzene rings is 1. The van der Waals surface area contributed by atoms with Crippen LogP contribution in [-0.4, -0.2) is 68.2 Å². The third-order valence-electron chi connectivity index (χ3n) is 5.00. The number of hydrogen-bond donors (Lipinski definition) is 2. The molecule has 0 saturated carbocycles. The Hall–Kier alpha value is -2.38. The standard InChI is InChI=1S/C19H24N2O5/c1-13(22)16-17(14-4-3-5-15(12-14)25-2)21(19(24)18(16)23)7-6-20-8-10-26-11-9-20/h3-5,12,17,23H,6-11H2,1-2H3/p+1/t17-/m0/s1. The van der Waals surface area contributed by atoms with Crippen molar-refractivity contribution in [1.82, 2.24) is 4.90 Å². The van der Waals surface area contributed by atoms with Crippen molar-refractivity contribution in [2.24, 2.45) is 0 Å². The van der Waals surface area contributed by atoms with Crippen LogP contribution in [0.2, 0.25) is 0 Å². The molecule has 0 bridgehead atoms. The average Bonchev–Trinajstić information content (AvgIpc) is 2.92. The predicted octanol–water partition coefficient (Wildman–Crippen LogP) is -0.105. The minimum absolute atomic E-state index is 0.153. The van der Waals surface area contributed by atoms with Crippen LogP contribution in [-0.2, 0) is 14.3 Å². The monoisotopic (exact) mass is 361 g/mol. The van der Waals surface area contributed by atoms with Crippen molar-refractivity contribution in [1.29, 1.82) is 0 Å². The number of carbonyl (C=O) groups is 2. The summed E-state index contributed by atoms with van der Waals surface area (Å²) in [4.78, 5) is 27.7. The minimum Gasteiger partial charge on any atom is -0.503 e.